The van der Waals surface area contributed by atoms with Gasteiger partial charge in [0.05, 0.1) is 27.5 Å². The van der Waals surface area contributed by atoms with Crippen LogP contribution in [0.5, 0.6) is 0 Å². The molecule has 2 unspecified atom stereocenters. The summed E-state index contributed by atoms with van der Waals surface area (Å²) in [6.07, 6.45) is 10.1. The van der Waals surface area contributed by atoms with Gasteiger partial charge in [-0.2, -0.15) is 0 Å². The van der Waals surface area contributed by atoms with E-state index in [1.54, 1.807) is 0 Å². The number of ether oxygens (including phenoxy) is 1. The van der Waals surface area contributed by atoms with E-state index in [2.05, 4.69) is 72.7 Å². The van der Waals surface area contributed by atoms with Crippen molar-refractivity contribution in [2.24, 2.45) is 5.92 Å². The summed E-state index contributed by atoms with van der Waals surface area (Å²) in [5.41, 5.74) is 10.5. The number of aromatic nitrogens is 5. The van der Waals surface area contributed by atoms with Crippen LogP contribution in [0, 0.1) is 5.92 Å². The highest BCUT2D eigenvalue weighted by Gasteiger charge is 2.37. The minimum atomic E-state index is -0.0826. The molecule has 6 rings (SSSR count). The lowest BCUT2D eigenvalue weighted by molar-refractivity contribution is -0.0391. The van der Waals surface area contributed by atoms with Crippen LogP contribution >= 0.6 is 11.6 Å². The zero-order valence-corrected chi connectivity index (χ0v) is 25.1. The standard InChI is InChI=1S/C31H42ClN7O/c1-18(2)38(15-22-8-11-27(40-22)39-16-23(32)28-29(33)34-17-35-30(28)39)21-12-19(13-21)6-10-26-36-24-9-7-20(31(3,4)5)14-25(24)37-26/h7,9,14,16-19,21-22,27H,6,8,10-13,15H2,1-5H3,(H,36,37)(H2,33,34,35). The highest BCUT2D eigenvalue weighted by Crippen LogP contribution is 2.39. The zero-order chi connectivity index (χ0) is 28.2. The Balaban J connectivity index is 1.02. The Morgan fingerprint density at radius 1 is 1.20 bits per heavy atom. The largest absolute Gasteiger partial charge is 0.383 e. The lowest BCUT2D eigenvalue weighted by Crippen LogP contribution is -2.50. The molecular formula is C31H42ClN7O. The molecule has 1 saturated carbocycles. The van der Waals surface area contributed by atoms with Crippen LogP contribution in [0.1, 0.15) is 84.3 Å². The van der Waals surface area contributed by atoms with E-state index in [1.807, 2.05) is 10.8 Å². The maximum atomic E-state index is 6.55. The predicted molar refractivity (Wildman–Crippen MR) is 162 cm³/mol. The van der Waals surface area contributed by atoms with Gasteiger partial charge in [-0.15, -0.1) is 0 Å². The monoisotopic (exact) mass is 563 g/mol. The van der Waals surface area contributed by atoms with Crippen LogP contribution in [0.4, 0.5) is 5.82 Å². The van der Waals surface area contributed by atoms with Crippen molar-refractivity contribution in [1.29, 1.82) is 0 Å². The second-order valence-corrected chi connectivity index (χ2v) is 13.5. The number of aryl methyl sites for hydroxylation is 1. The van der Waals surface area contributed by atoms with Gasteiger partial charge in [0.2, 0.25) is 0 Å². The summed E-state index contributed by atoms with van der Waals surface area (Å²) in [7, 11) is 0. The van der Waals surface area contributed by atoms with E-state index in [-0.39, 0.29) is 17.7 Å². The molecule has 9 heteroatoms. The summed E-state index contributed by atoms with van der Waals surface area (Å²) < 4.78 is 8.57. The Kier molecular flexibility index (Phi) is 7.30. The van der Waals surface area contributed by atoms with Crippen LogP contribution in [-0.4, -0.2) is 54.1 Å². The molecule has 1 aliphatic carbocycles. The van der Waals surface area contributed by atoms with Gasteiger partial charge < -0.3 is 20.0 Å². The van der Waals surface area contributed by atoms with E-state index >= 15 is 0 Å². The molecule has 1 aromatic carbocycles. The van der Waals surface area contributed by atoms with E-state index in [1.165, 1.54) is 31.2 Å². The van der Waals surface area contributed by atoms with Crippen molar-refractivity contribution in [3.8, 4) is 0 Å². The summed E-state index contributed by atoms with van der Waals surface area (Å²) in [5.74, 6) is 2.27. The molecule has 0 amide bonds. The Hall–Kier alpha value is -2.68. The molecule has 1 saturated heterocycles. The fourth-order valence-corrected chi connectivity index (χ4v) is 6.81. The Labute approximate surface area is 241 Å². The molecular weight excluding hydrogens is 522 g/mol. The second-order valence-electron chi connectivity index (χ2n) is 13.1. The second kappa shape index (κ2) is 10.6. The lowest BCUT2D eigenvalue weighted by Gasteiger charge is -2.46. The van der Waals surface area contributed by atoms with Crippen molar-refractivity contribution in [3.63, 3.8) is 0 Å². The molecule has 214 valence electrons. The molecule has 40 heavy (non-hydrogen) atoms. The van der Waals surface area contributed by atoms with E-state index in [9.17, 15) is 0 Å². The van der Waals surface area contributed by atoms with Crippen molar-refractivity contribution >= 4 is 39.5 Å². The maximum absolute atomic E-state index is 6.55. The first kappa shape index (κ1) is 27.5. The minimum Gasteiger partial charge on any atom is -0.383 e. The first-order chi connectivity index (χ1) is 19.1. The third-order valence-electron chi connectivity index (χ3n) is 8.93. The number of halogens is 1. The van der Waals surface area contributed by atoms with Gasteiger partial charge in [0.1, 0.15) is 29.8 Å². The van der Waals surface area contributed by atoms with Crippen LogP contribution in [0.3, 0.4) is 0 Å². The molecule has 0 radical (unpaired) electrons. The predicted octanol–water partition coefficient (Wildman–Crippen LogP) is 6.64. The number of anilines is 1. The van der Waals surface area contributed by atoms with Crippen molar-refractivity contribution in [3.05, 3.63) is 47.1 Å². The summed E-state index contributed by atoms with van der Waals surface area (Å²) in [4.78, 5) is 19.6. The fraction of sp³-hybridized carbons (Fsp3) is 0.581. The number of nitrogens with two attached hydrogens (primary N) is 1. The quantitative estimate of drug-likeness (QED) is 0.249. The molecule has 4 aromatic rings. The van der Waals surface area contributed by atoms with Gasteiger partial charge in [-0.1, -0.05) is 38.4 Å². The lowest BCUT2D eigenvalue weighted by atomic mass is 9.76. The molecule has 2 fully saturated rings. The van der Waals surface area contributed by atoms with Gasteiger partial charge in [-0.25, -0.2) is 15.0 Å². The molecule has 0 bridgehead atoms. The first-order valence-corrected chi connectivity index (χ1v) is 15.1. The van der Waals surface area contributed by atoms with Crippen molar-refractivity contribution < 1.29 is 4.74 Å². The highest BCUT2D eigenvalue weighted by molar-refractivity contribution is 6.36. The highest BCUT2D eigenvalue weighted by atomic mass is 35.5. The Morgan fingerprint density at radius 2 is 2.00 bits per heavy atom. The molecule has 3 aromatic heterocycles. The van der Waals surface area contributed by atoms with Gasteiger partial charge in [0, 0.05) is 31.2 Å². The number of nitrogen functional groups attached to an aromatic ring is 1. The van der Waals surface area contributed by atoms with Crippen LogP contribution in [0.25, 0.3) is 22.1 Å². The van der Waals surface area contributed by atoms with Gasteiger partial charge in [0.25, 0.3) is 0 Å². The molecule has 0 spiro atoms. The van der Waals surface area contributed by atoms with E-state index in [0.717, 1.165) is 54.2 Å². The van der Waals surface area contributed by atoms with E-state index < -0.39 is 0 Å². The smallest absolute Gasteiger partial charge is 0.149 e. The molecule has 1 aliphatic heterocycles. The molecule has 4 heterocycles. The first-order valence-electron chi connectivity index (χ1n) is 14.7. The molecule has 2 atom stereocenters. The average molecular weight is 564 g/mol. The summed E-state index contributed by atoms with van der Waals surface area (Å²) in [5, 5.41) is 1.28. The molecule has 8 nitrogen and oxygen atoms in total. The third-order valence-corrected chi connectivity index (χ3v) is 9.22. The minimum absolute atomic E-state index is 0.0826. The van der Waals surface area contributed by atoms with Crippen LogP contribution in [-0.2, 0) is 16.6 Å². The summed E-state index contributed by atoms with van der Waals surface area (Å²) in [6, 6.07) is 7.72. The molecule has 3 N–H and O–H groups in total. The number of H-pyrrole nitrogens is 1. The third kappa shape index (κ3) is 5.33. The summed E-state index contributed by atoms with van der Waals surface area (Å²) in [6.45, 7) is 12.3. The number of imidazole rings is 1. The Morgan fingerprint density at radius 3 is 2.75 bits per heavy atom. The number of hydrogen-bond donors (Lipinski definition) is 2. The summed E-state index contributed by atoms with van der Waals surface area (Å²) >= 11 is 6.46. The number of fused-ring (bicyclic) bond motifs is 2. The Bertz CT molecular complexity index is 1500. The van der Waals surface area contributed by atoms with Gasteiger partial charge >= 0.3 is 0 Å². The fourth-order valence-electron chi connectivity index (χ4n) is 6.52. The zero-order valence-electron chi connectivity index (χ0n) is 24.3. The number of rotatable bonds is 8. The number of nitrogens with one attached hydrogen (secondary N) is 1. The van der Waals surface area contributed by atoms with Crippen LogP contribution < -0.4 is 5.73 Å². The van der Waals surface area contributed by atoms with Gasteiger partial charge in [0.15, 0.2) is 0 Å². The van der Waals surface area contributed by atoms with Crippen molar-refractivity contribution in [2.75, 3.05) is 12.3 Å². The van der Waals surface area contributed by atoms with Crippen LogP contribution in [0.2, 0.25) is 5.02 Å². The van der Waals surface area contributed by atoms with E-state index in [4.69, 9.17) is 27.1 Å². The normalized spacial score (nSPS) is 23.6. The van der Waals surface area contributed by atoms with Crippen LogP contribution in [0.15, 0.2) is 30.7 Å². The van der Waals surface area contributed by atoms with Gasteiger partial charge in [-0.05, 0) is 75.0 Å². The van der Waals surface area contributed by atoms with Crippen molar-refractivity contribution in [2.45, 2.75) is 103 Å². The van der Waals surface area contributed by atoms with E-state index in [0.29, 0.717) is 28.3 Å². The molecule has 2 aliphatic rings. The number of nitrogens with zero attached hydrogens (tertiary/aromatic N) is 5. The number of benzene rings is 1. The SMILES string of the molecule is CC(C)N(CC1CCC(n2cc(Cl)c3c(N)ncnc32)O1)C1CC(CCc2nc3ccc(C(C)(C)C)cc3[nH]2)C1. The topological polar surface area (TPSA) is 97.9 Å². The van der Waals surface area contributed by atoms with Crippen molar-refractivity contribution in [1.82, 2.24) is 29.4 Å². The maximum Gasteiger partial charge on any atom is 0.149 e. The van der Waals surface area contributed by atoms with Gasteiger partial charge in [-0.3, -0.25) is 4.90 Å². The number of hydrogen-bond acceptors (Lipinski definition) is 6. The average Bonchev–Trinajstić information content (AvgIpc) is 3.58. The number of aromatic amines is 1.